The number of nitrogens with zero attached hydrogens (tertiary/aromatic N) is 1. The zero-order chi connectivity index (χ0) is 8.81. The first kappa shape index (κ1) is 9.73. The molecular formula is C8H11IN2O. The van der Waals surface area contributed by atoms with Crippen molar-refractivity contribution in [2.24, 2.45) is 0 Å². The Morgan fingerprint density at radius 3 is 3.17 bits per heavy atom. The maximum absolute atomic E-state index is 5.00. The molecular weight excluding hydrogens is 267 g/mol. The van der Waals surface area contributed by atoms with Gasteiger partial charge in [-0.1, -0.05) is 0 Å². The van der Waals surface area contributed by atoms with E-state index in [9.17, 15) is 0 Å². The SMILES string of the molecule is COc1cc(CCNI)ccn1. The van der Waals surface area contributed by atoms with Gasteiger partial charge in [-0.15, -0.1) is 0 Å². The molecule has 0 aliphatic carbocycles. The fourth-order valence-corrected chi connectivity index (χ4v) is 1.18. The van der Waals surface area contributed by atoms with Gasteiger partial charge in [0.25, 0.3) is 0 Å². The molecule has 0 bridgehead atoms. The minimum atomic E-state index is 0.681. The van der Waals surface area contributed by atoms with E-state index in [4.69, 9.17) is 4.74 Å². The summed E-state index contributed by atoms with van der Waals surface area (Å²) in [6, 6.07) is 3.95. The van der Waals surface area contributed by atoms with Crippen molar-refractivity contribution < 1.29 is 4.74 Å². The van der Waals surface area contributed by atoms with E-state index < -0.39 is 0 Å². The highest BCUT2D eigenvalue weighted by atomic mass is 127. The lowest BCUT2D eigenvalue weighted by Crippen LogP contribution is -2.03. The van der Waals surface area contributed by atoms with E-state index in [0.717, 1.165) is 13.0 Å². The molecule has 0 aliphatic heterocycles. The second kappa shape index (κ2) is 5.31. The zero-order valence-corrected chi connectivity index (χ0v) is 9.04. The molecule has 0 spiro atoms. The first-order chi connectivity index (χ1) is 5.86. The first-order valence-corrected chi connectivity index (χ1v) is 4.77. The summed E-state index contributed by atoms with van der Waals surface area (Å²) in [5.74, 6) is 0.681. The highest BCUT2D eigenvalue weighted by Crippen LogP contribution is 2.08. The molecule has 3 nitrogen and oxygen atoms in total. The average molecular weight is 278 g/mol. The molecule has 0 radical (unpaired) electrons. The standard InChI is InChI=1S/C8H11IN2O/c1-12-8-6-7(2-4-10-8)3-5-11-9/h2,4,6,11H,3,5H2,1H3. The molecule has 1 N–H and O–H groups in total. The average Bonchev–Trinajstić information content (AvgIpc) is 2.15. The molecule has 0 atom stereocenters. The summed E-state index contributed by atoms with van der Waals surface area (Å²) in [6.45, 7) is 0.966. The number of nitrogens with one attached hydrogen (secondary N) is 1. The Morgan fingerprint density at radius 2 is 2.50 bits per heavy atom. The normalized spacial score (nSPS) is 9.83. The van der Waals surface area contributed by atoms with Gasteiger partial charge in [-0.25, -0.2) is 4.98 Å². The van der Waals surface area contributed by atoms with Gasteiger partial charge < -0.3 is 4.74 Å². The molecule has 1 aromatic heterocycles. The molecule has 0 aliphatic rings. The third-order valence-electron chi connectivity index (χ3n) is 1.52. The monoisotopic (exact) mass is 278 g/mol. The lowest BCUT2D eigenvalue weighted by molar-refractivity contribution is 0.397. The van der Waals surface area contributed by atoms with E-state index in [1.54, 1.807) is 13.3 Å². The van der Waals surface area contributed by atoms with Gasteiger partial charge >= 0.3 is 0 Å². The Hall–Kier alpha value is -0.360. The fourth-order valence-electron chi connectivity index (χ4n) is 0.909. The second-order valence-corrected chi connectivity index (χ2v) is 3.10. The van der Waals surface area contributed by atoms with Crippen molar-refractivity contribution in [1.29, 1.82) is 0 Å². The molecule has 0 saturated carbocycles. The summed E-state index contributed by atoms with van der Waals surface area (Å²) in [5, 5.41) is 0. The van der Waals surface area contributed by atoms with Crippen LogP contribution < -0.4 is 8.27 Å². The predicted octanol–water partition coefficient (Wildman–Crippen LogP) is 1.57. The van der Waals surface area contributed by atoms with Gasteiger partial charge in [-0.2, -0.15) is 0 Å². The third kappa shape index (κ3) is 2.94. The van der Waals surface area contributed by atoms with Crippen LogP contribution in [0.25, 0.3) is 0 Å². The van der Waals surface area contributed by atoms with E-state index in [2.05, 4.69) is 31.4 Å². The van der Waals surface area contributed by atoms with Crippen LogP contribution in [-0.4, -0.2) is 18.6 Å². The lowest BCUT2D eigenvalue weighted by Gasteiger charge is -2.01. The summed E-state index contributed by atoms with van der Waals surface area (Å²) in [4.78, 5) is 4.02. The van der Waals surface area contributed by atoms with Crippen molar-refractivity contribution in [3.8, 4) is 5.88 Å². The molecule has 0 amide bonds. The van der Waals surface area contributed by atoms with E-state index in [0.29, 0.717) is 5.88 Å². The van der Waals surface area contributed by atoms with Crippen LogP contribution in [0.2, 0.25) is 0 Å². The number of hydrogen-bond donors (Lipinski definition) is 1. The van der Waals surface area contributed by atoms with E-state index in [-0.39, 0.29) is 0 Å². The van der Waals surface area contributed by atoms with E-state index in [1.807, 2.05) is 12.1 Å². The summed E-state index contributed by atoms with van der Waals surface area (Å²) in [5.41, 5.74) is 1.24. The van der Waals surface area contributed by atoms with Crippen LogP contribution in [-0.2, 0) is 6.42 Å². The van der Waals surface area contributed by atoms with Crippen LogP contribution in [0.5, 0.6) is 5.88 Å². The fraction of sp³-hybridized carbons (Fsp3) is 0.375. The van der Waals surface area contributed by atoms with Gasteiger partial charge in [0.2, 0.25) is 5.88 Å². The van der Waals surface area contributed by atoms with Crippen molar-refractivity contribution in [2.45, 2.75) is 6.42 Å². The first-order valence-electron chi connectivity index (χ1n) is 3.69. The number of rotatable bonds is 4. The van der Waals surface area contributed by atoms with Crippen LogP contribution >= 0.6 is 22.9 Å². The molecule has 12 heavy (non-hydrogen) atoms. The molecule has 0 saturated heterocycles. The Labute approximate surface area is 86.0 Å². The van der Waals surface area contributed by atoms with Gasteiger partial charge in [-0.3, -0.25) is 3.53 Å². The van der Waals surface area contributed by atoms with Crippen LogP contribution in [0.3, 0.4) is 0 Å². The minimum Gasteiger partial charge on any atom is -0.481 e. The smallest absolute Gasteiger partial charge is 0.213 e. The molecule has 0 fully saturated rings. The van der Waals surface area contributed by atoms with Crippen molar-refractivity contribution in [2.75, 3.05) is 13.7 Å². The van der Waals surface area contributed by atoms with Gasteiger partial charge in [0.05, 0.1) is 7.11 Å². The molecule has 1 heterocycles. The molecule has 0 unspecified atom stereocenters. The van der Waals surface area contributed by atoms with Crippen LogP contribution in [0.4, 0.5) is 0 Å². The topological polar surface area (TPSA) is 34.1 Å². The number of ether oxygens (including phenoxy) is 1. The summed E-state index contributed by atoms with van der Waals surface area (Å²) in [6.07, 6.45) is 2.77. The van der Waals surface area contributed by atoms with Gasteiger partial charge in [0.1, 0.15) is 0 Å². The van der Waals surface area contributed by atoms with Crippen molar-refractivity contribution in [3.63, 3.8) is 0 Å². The molecule has 1 aromatic rings. The Bertz CT molecular complexity index is 242. The predicted molar refractivity (Wildman–Crippen MR) is 56.5 cm³/mol. The molecule has 1 rings (SSSR count). The maximum Gasteiger partial charge on any atom is 0.213 e. The Balaban J connectivity index is 2.60. The molecule has 4 heteroatoms. The van der Waals surface area contributed by atoms with Crippen molar-refractivity contribution >= 4 is 22.9 Å². The Morgan fingerprint density at radius 1 is 1.67 bits per heavy atom. The summed E-state index contributed by atoms with van der Waals surface area (Å²) < 4.78 is 8.06. The summed E-state index contributed by atoms with van der Waals surface area (Å²) >= 11 is 2.14. The highest BCUT2D eigenvalue weighted by molar-refractivity contribution is 14.1. The van der Waals surface area contributed by atoms with E-state index in [1.165, 1.54) is 5.56 Å². The number of methoxy groups -OCH3 is 1. The number of hydrogen-bond acceptors (Lipinski definition) is 3. The van der Waals surface area contributed by atoms with Crippen LogP contribution in [0.1, 0.15) is 5.56 Å². The van der Waals surface area contributed by atoms with Crippen LogP contribution in [0, 0.1) is 0 Å². The van der Waals surface area contributed by atoms with Crippen LogP contribution in [0.15, 0.2) is 18.3 Å². The lowest BCUT2D eigenvalue weighted by atomic mass is 10.2. The van der Waals surface area contributed by atoms with Crippen molar-refractivity contribution in [3.05, 3.63) is 23.9 Å². The number of halogens is 1. The van der Waals surface area contributed by atoms with Gasteiger partial charge in [0.15, 0.2) is 0 Å². The zero-order valence-electron chi connectivity index (χ0n) is 6.88. The largest absolute Gasteiger partial charge is 0.481 e. The van der Waals surface area contributed by atoms with Crippen molar-refractivity contribution in [1.82, 2.24) is 8.51 Å². The third-order valence-corrected chi connectivity index (χ3v) is 2.06. The number of aromatic nitrogens is 1. The quantitative estimate of drug-likeness (QED) is 0.670. The summed E-state index contributed by atoms with van der Waals surface area (Å²) in [7, 11) is 1.63. The Kier molecular flexibility index (Phi) is 4.31. The highest BCUT2D eigenvalue weighted by Gasteiger charge is 1.95. The van der Waals surface area contributed by atoms with Gasteiger partial charge in [0, 0.05) is 41.7 Å². The van der Waals surface area contributed by atoms with E-state index >= 15 is 0 Å². The second-order valence-electron chi connectivity index (χ2n) is 2.34. The van der Waals surface area contributed by atoms with Gasteiger partial charge in [-0.05, 0) is 18.1 Å². The maximum atomic E-state index is 5.00. The molecule has 0 aromatic carbocycles. The molecule has 66 valence electrons. The number of pyridine rings is 1. The minimum absolute atomic E-state index is 0.681.